The van der Waals surface area contributed by atoms with Crippen LogP contribution in [0.1, 0.15) is 37.7 Å². The maximum atomic E-state index is 12.9. The molecule has 1 amide bonds. The molecule has 1 heterocycles. The van der Waals surface area contributed by atoms with E-state index in [1.807, 2.05) is 4.90 Å². The van der Waals surface area contributed by atoms with Gasteiger partial charge in [-0.1, -0.05) is 25.0 Å². The van der Waals surface area contributed by atoms with Gasteiger partial charge in [0.25, 0.3) is 0 Å². The van der Waals surface area contributed by atoms with Gasteiger partial charge in [0.15, 0.2) is 0 Å². The van der Waals surface area contributed by atoms with Crippen molar-refractivity contribution in [2.24, 2.45) is 0 Å². The largest absolute Gasteiger partial charge is 0.340 e. The minimum Gasteiger partial charge on any atom is -0.340 e. The van der Waals surface area contributed by atoms with Crippen LogP contribution in [0.15, 0.2) is 24.3 Å². The van der Waals surface area contributed by atoms with Crippen molar-refractivity contribution in [3.05, 3.63) is 35.6 Å². The minimum atomic E-state index is -0.224. The van der Waals surface area contributed by atoms with Gasteiger partial charge in [0.05, 0.1) is 0 Å². The van der Waals surface area contributed by atoms with Gasteiger partial charge in [0.1, 0.15) is 5.82 Å². The molecule has 1 aromatic rings. The van der Waals surface area contributed by atoms with E-state index in [-0.39, 0.29) is 11.7 Å². The Kier molecular flexibility index (Phi) is 5.08. The molecular formula is C18H25FN2O. The normalized spacial score (nSPS) is 20.5. The fourth-order valence-corrected chi connectivity index (χ4v) is 3.67. The number of hydrogen-bond donors (Lipinski definition) is 0. The van der Waals surface area contributed by atoms with Gasteiger partial charge in [0, 0.05) is 38.6 Å². The Labute approximate surface area is 132 Å². The molecule has 1 aliphatic heterocycles. The SMILES string of the molecule is O=C(CCc1ccc(F)cc1)N1CCN(C2CCCC2)CC1. The summed E-state index contributed by atoms with van der Waals surface area (Å²) in [5.74, 6) is 0.00788. The Morgan fingerprint density at radius 2 is 1.68 bits per heavy atom. The van der Waals surface area contributed by atoms with Gasteiger partial charge in [-0.25, -0.2) is 4.39 Å². The molecule has 4 heteroatoms. The van der Waals surface area contributed by atoms with E-state index < -0.39 is 0 Å². The van der Waals surface area contributed by atoms with Gasteiger partial charge in [0.2, 0.25) is 5.91 Å². The van der Waals surface area contributed by atoms with Crippen LogP contribution in [0, 0.1) is 5.82 Å². The zero-order valence-electron chi connectivity index (χ0n) is 13.1. The van der Waals surface area contributed by atoms with E-state index in [2.05, 4.69) is 4.90 Å². The summed E-state index contributed by atoms with van der Waals surface area (Å²) in [6, 6.07) is 7.21. The highest BCUT2D eigenvalue weighted by molar-refractivity contribution is 5.76. The Morgan fingerprint density at radius 1 is 1.05 bits per heavy atom. The van der Waals surface area contributed by atoms with Crippen molar-refractivity contribution in [2.45, 2.75) is 44.6 Å². The number of benzene rings is 1. The molecule has 3 rings (SSSR count). The molecule has 1 aliphatic carbocycles. The van der Waals surface area contributed by atoms with Crippen molar-refractivity contribution in [3.8, 4) is 0 Å². The fourth-order valence-electron chi connectivity index (χ4n) is 3.67. The molecular weight excluding hydrogens is 279 g/mol. The smallest absolute Gasteiger partial charge is 0.222 e. The molecule has 2 aliphatic rings. The van der Waals surface area contributed by atoms with Gasteiger partial charge in [-0.05, 0) is 37.0 Å². The quantitative estimate of drug-likeness (QED) is 0.854. The molecule has 3 nitrogen and oxygen atoms in total. The number of piperazine rings is 1. The summed E-state index contributed by atoms with van der Waals surface area (Å²) in [5.41, 5.74) is 1.03. The second kappa shape index (κ2) is 7.23. The summed E-state index contributed by atoms with van der Waals surface area (Å²) < 4.78 is 12.9. The Morgan fingerprint density at radius 3 is 2.32 bits per heavy atom. The first kappa shape index (κ1) is 15.5. The molecule has 0 atom stereocenters. The predicted octanol–water partition coefficient (Wildman–Crippen LogP) is 2.85. The lowest BCUT2D eigenvalue weighted by molar-refractivity contribution is -0.133. The minimum absolute atomic E-state index is 0.224. The van der Waals surface area contributed by atoms with E-state index in [1.54, 1.807) is 12.1 Å². The molecule has 0 N–H and O–H groups in total. The van der Waals surface area contributed by atoms with Crippen LogP contribution < -0.4 is 0 Å². The van der Waals surface area contributed by atoms with E-state index in [1.165, 1.54) is 37.8 Å². The van der Waals surface area contributed by atoms with Crippen LogP contribution in [0.5, 0.6) is 0 Å². The van der Waals surface area contributed by atoms with Gasteiger partial charge in [-0.2, -0.15) is 0 Å². The number of nitrogens with zero attached hydrogens (tertiary/aromatic N) is 2. The van der Waals surface area contributed by atoms with Crippen molar-refractivity contribution in [1.82, 2.24) is 9.80 Å². The van der Waals surface area contributed by atoms with Crippen LogP contribution in [0.25, 0.3) is 0 Å². The second-order valence-electron chi connectivity index (χ2n) is 6.48. The topological polar surface area (TPSA) is 23.6 Å². The van der Waals surface area contributed by atoms with E-state index in [0.717, 1.165) is 37.8 Å². The van der Waals surface area contributed by atoms with Crippen molar-refractivity contribution >= 4 is 5.91 Å². The average molecular weight is 304 g/mol. The maximum absolute atomic E-state index is 12.9. The van der Waals surface area contributed by atoms with Gasteiger partial charge < -0.3 is 4.90 Å². The van der Waals surface area contributed by atoms with Crippen molar-refractivity contribution in [3.63, 3.8) is 0 Å². The fraction of sp³-hybridized carbons (Fsp3) is 0.611. The summed E-state index contributed by atoms with van der Waals surface area (Å²) >= 11 is 0. The zero-order chi connectivity index (χ0) is 15.4. The van der Waals surface area contributed by atoms with Crippen molar-refractivity contribution < 1.29 is 9.18 Å². The number of amides is 1. The van der Waals surface area contributed by atoms with Gasteiger partial charge in [-0.15, -0.1) is 0 Å². The number of rotatable bonds is 4. The molecule has 0 unspecified atom stereocenters. The Bertz CT molecular complexity index is 488. The van der Waals surface area contributed by atoms with E-state index in [0.29, 0.717) is 12.8 Å². The lowest BCUT2D eigenvalue weighted by Crippen LogP contribution is -2.51. The molecule has 1 saturated heterocycles. The number of hydrogen-bond acceptors (Lipinski definition) is 2. The van der Waals surface area contributed by atoms with Crippen molar-refractivity contribution in [1.29, 1.82) is 0 Å². The first-order valence-electron chi connectivity index (χ1n) is 8.48. The van der Waals surface area contributed by atoms with E-state index in [4.69, 9.17) is 0 Å². The Hall–Kier alpha value is -1.42. The third-order valence-corrected chi connectivity index (χ3v) is 5.05. The molecule has 1 aromatic carbocycles. The molecule has 22 heavy (non-hydrogen) atoms. The first-order valence-corrected chi connectivity index (χ1v) is 8.48. The lowest BCUT2D eigenvalue weighted by Gasteiger charge is -2.38. The van der Waals surface area contributed by atoms with E-state index >= 15 is 0 Å². The van der Waals surface area contributed by atoms with Crippen LogP contribution in [0.3, 0.4) is 0 Å². The van der Waals surface area contributed by atoms with Crippen LogP contribution >= 0.6 is 0 Å². The third-order valence-electron chi connectivity index (χ3n) is 5.05. The van der Waals surface area contributed by atoms with Crippen LogP contribution in [-0.4, -0.2) is 47.9 Å². The molecule has 2 fully saturated rings. The lowest BCUT2D eigenvalue weighted by atomic mass is 10.1. The summed E-state index contributed by atoms with van der Waals surface area (Å²) in [4.78, 5) is 16.9. The second-order valence-corrected chi connectivity index (χ2v) is 6.48. The summed E-state index contributed by atoms with van der Waals surface area (Å²) in [6.45, 7) is 3.76. The van der Waals surface area contributed by atoms with Crippen LogP contribution in [0.4, 0.5) is 4.39 Å². The highest BCUT2D eigenvalue weighted by Crippen LogP contribution is 2.24. The van der Waals surface area contributed by atoms with E-state index in [9.17, 15) is 9.18 Å². The molecule has 120 valence electrons. The zero-order valence-corrected chi connectivity index (χ0v) is 13.1. The summed E-state index contributed by atoms with van der Waals surface area (Å²) in [7, 11) is 0. The van der Waals surface area contributed by atoms with Gasteiger partial charge in [-0.3, -0.25) is 9.69 Å². The average Bonchev–Trinajstić information content (AvgIpc) is 3.09. The third kappa shape index (κ3) is 3.86. The molecule has 0 radical (unpaired) electrons. The first-order chi connectivity index (χ1) is 10.7. The molecule has 1 saturated carbocycles. The maximum Gasteiger partial charge on any atom is 0.222 e. The Balaban J connectivity index is 1.42. The van der Waals surface area contributed by atoms with Crippen LogP contribution in [0.2, 0.25) is 0 Å². The highest BCUT2D eigenvalue weighted by atomic mass is 19.1. The highest BCUT2D eigenvalue weighted by Gasteiger charge is 2.27. The molecule has 0 aromatic heterocycles. The number of halogens is 1. The monoisotopic (exact) mass is 304 g/mol. The summed E-state index contributed by atoms with van der Waals surface area (Å²) in [5, 5.41) is 0. The standard InChI is InChI=1S/C18H25FN2O/c19-16-8-5-15(6-9-16)7-10-18(22)21-13-11-20(12-14-21)17-3-1-2-4-17/h5-6,8-9,17H,1-4,7,10-14H2. The number of aryl methyl sites for hydroxylation is 1. The molecule has 0 bridgehead atoms. The van der Waals surface area contributed by atoms with Crippen LogP contribution in [-0.2, 0) is 11.2 Å². The van der Waals surface area contributed by atoms with Crippen molar-refractivity contribution in [2.75, 3.05) is 26.2 Å². The number of carbonyl (C=O) groups excluding carboxylic acids is 1. The predicted molar refractivity (Wildman–Crippen MR) is 85.1 cm³/mol. The van der Waals surface area contributed by atoms with Gasteiger partial charge >= 0.3 is 0 Å². The number of carbonyl (C=O) groups is 1. The summed E-state index contributed by atoms with van der Waals surface area (Å²) in [6.07, 6.45) is 6.61. The molecule has 0 spiro atoms.